The largest absolute Gasteiger partial charge is 0.386 e. The van der Waals surface area contributed by atoms with Crippen molar-refractivity contribution in [2.24, 2.45) is 0 Å². The highest BCUT2D eigenvalue weighted by molar-refractivity contribution is 6.19. The molecule has 6 nitrogen and oxygen atoms in total. The maximum Gasteiger partial charge on any atom is 0.203 e. The van der Waals surface area contributed by atoms with Crippen molar-refractivity contribution in [3.05, 3.63) is 95.3 Å². The van der Waals surface area contributed by atoms with Gasteiger partial charge in [0.15, 0.2) is 0 Å². The van der Waals surface area contributed by atoms with Crippen LogP contribution in [0.25, 0.3) is 0 Å². The number of hydrogen-bond acceptors (Lipinski definition) is 6. The summed E-state index contributed by atoms with van der Waals surface area (Å²) >= 11 is 0. The van der Waals surface area contributed by atoms with E-state index in [4.69, 9.17) is 0 Å². The second-order valence-electron chi connectivity index (χ2n) is 7.42. The first-order valence-electron chi connectivity index (χ1n) is 9.88. The number of rotatable bonds is 8. The van der Waals surface area contributed by atoms with Crippen molar-refractivity contribution in [2.75, 3.05) is 0 Å². The Bertz CT molecular complexity index is 874. The Labute approximate surface area is 175 Å². The van der Waals surface area contributed by atoms with Crippen LogP contribution in [0.1, 0.15) is 37.2 Å². The Morgan fingerprint density at radius 3 is 1.30 bits per heavy atom. The maximum atomic E-state index is 12.5. The van der Waals surface area contributed by atoms with E-state index in [1.54, 1.807) is 38.1 Å². The molecule has 0 saturated carbocycles. The predicted molar refractivity (Wildman–Crippen MR) is 114 cm³/mol. The van der Waals surface area contributed by atoms with Crippen molar-refractivity contribution in [2.45, 2.75) is 38.1 Å². The van der Waals surface area contributed by atoms with Crippen LogP contribution < -0.4 is 10.6 Å². The van der Waals surface area contributed by atoms with Crippen molar-refractivity contribution in [3.8, 4) is 0 Å². The molecule has 0 heterocycles. The highest BCUT2D eigenvalue weighted by Crippen LogP contribution is 2.20. The molecular formula is C24H26N2O4. The van der Waals surface area contributed by atoms with Gasteiger partial charge in [0.1, 0.15) is 0 Å². The molecule has 1 aliphatic carbocycles. The fourth-order valence-electron chi connectivity index (χ4n) is 3.31. The van der Waals surface area contributed by atoms with Crippen molar-refractivity contribution in [1.29, 1.82) is 0 Å². The average Bonchev–Trinajstić information content (AvgIpc) is 2.77. The summed E-state index contributed by atoms with van der Waals surface area (Å²) in [6, 6.07) is 17.3. The summed E-state index contributed by atoms with van der Waals surface area (Å²) in [4.78, 5) is 25.0. The average molecular weight is 406 g/mol. The van der Waals surface area contributed by atoms with Gasteiger partial charge in [0.25, 0.3) is 0 Å². The number of aliphatic hydroxyl groups excluding tert-OH is 2. The molecule has 2 aromatic rings. The molecule has 0 saturated heterocycles. The highest BCUT2D eigenvalue weighted by Gasteiger charge is 2.26. The summed E-state index contributed by atoms with van der Waals surface area (Å²) in [6.07, 6.45) is 0.778. The van der Waals surface area contributed by atoms with Crippen molar-refractivity contribution < 1.29 is 19.8 Å². The summed E-state index contributed by atoms with van der Waals surface area (Å²) in [5, 5.41) is 26.8. The molecule has 0 aromatic heterocycles. The summed E-state index contributed by atoms with van der Waals surface area (Å²) < 4.78 is 0. The normalized spacial score (nSPS) is 18.0. The molecule has 0 spiro atoms. The van der Waals surface area contributed by atoms with Crippen LogP contribution in [0.3, 0.4) is 0 Å². The number of carbonyl (C=O) groups is 2. The summed E-state index contributed by atoms with van der Waals surface area (Å²) in [5.41, 5.74) is 1.69. The zero-order valence-corrected chi connectivity index (χ0v) is 16.9. The lowest BCUT2D eigenvalue weighted by Gasteiger charge is -2.26. The number of hydrogen-bond donors (Lipinski definition) is 4. The molecule has 0 fully saturated rings. The molecule has 4 N–H and O–H groups in total. The third-order valence-corrected chi connectivity index (χ3v) is 5.08. The van der Waals surface area contributed by atoms with Crippen LogP contribution in [-0.2, 0) is 9.59 Å². The molecule has 0 radical (unpaired) electrons. The van der Waals surface area contributed by atoms with Gasteiger partial charge >= 0.3 is 0 Å². The zero-order chi connectivity index (χ0) is 21.7. The van der Waals surface area contributed by atoms with Crippen LogP contribution in [0, 0.1) is 0 Å². The minimum Gasteiger partial charge on any atom is -0.386 e. The number of carbonyl (C=O) groups excluding carboxylic acids is 2. The maximum absolute atomic E-state index is 12.5. The first-order valence-corrected chi connectivity index (χ1v) is 9.88. The number of allylic oxidation sites excluding steroid dienone is 2. The quantitative estimate of drug-likeness (QED) is 0.502. The standard InChI is InChI=1S/C24H26N2O4/c1-15(23(29)17-9-5-3-6-10-17)25-19-13-22(28)20(14-21(19)27)26-16(2)24(30)18-11-7-4-8-12-18/h3-16,23-26,29-30H,1-2H3/t15-,16+,23-,24+. The Hall–Kier alpha value is -3.22. The number of aliphatic hydroxyl groups is 2. The van der Waals surface area contributed by atoms with E-state index >= 15 is 0 Å². The first-order chi connectivity index (χ1) is 14.4. The lowest BCUT2D eigenvalue weighted by molar-refractivity contribution is -0.115. The third kappa shape index (κ3) is 5.03. The van der Waals surface area contributed by atoms with Gasteiger partial charge in [-0.05, 0) is 25.0 Å². The lowest BCUT2D eigenvalue weighted by atomic mass is 10.00. The van der Waals surface area contributed by atoms with Gasteiger partial charge in [0.2, 0.25) is 11.6 Å². The van der Waals surface area contributed by atoms with Gasteiger partial charge in [-0.25, -0.2) is 0 Å². The van der Waals surface area contributed by atoms with Crippen LogP contribution in [-0.4, -0.2) is 33.9 Å². The predicted octanol–water partition coefficient (Wildman–Crippen LogP) is 2.33. The molecule has 1 aliphatic rings. The molecule has 0 aliphatic heterocycles. The summed E-state index contributed by atoms with van der Waals surface area (Å²) in [6.45, 7) is 3.48. The van der Waals surface area contributed by atoms with E-state index in [0.717, 1.165) is 0 Å². The molecule has 6 heteroatoms. The minimum absolute atomic E-state index is 0.129. The van der Waals surface area contributed by atoms with Gasteiger partial charge in [-0.15, -0.1) is 0 Å². The molecule has 0 unspecified atom stereocenters. The van der Waals surface area contributed by atoms with Gasteiger partial charge in [0.05, 0.1) is 35.7 Å². The molecule has 30 heavy (non-hydrogen) atoms. The van der Waals surface area contributed by atoms with Gasteiger partial charge in [-0.2, -0.15) is 0 Å². The molecule has 156 valence electrons. The Balaban J connectivity index is 1.64. The summed E-state index contributed by atoms with van der Waals surface area (Å²) in [5.74, 6) is -0.740. The van der Waals surface area contributed by atoms with Crippen LogP contribution in [0.15, 0.2) is 84.2 Å². The monoisotopic (exact) mass is 406 g/mol. The summed E-state index contributed by atoms with van der Waals surface area (Å²) in [7, 11) is 0. The highest BCUT2D eigenvalue weighted by atomic mass is 16.3. The van der Waals surface area contributed by atoms with Crippen LogP contribution >= 0.6 is 0 Å². The van der Waals surface area contributed by atoms with Crippen molar-refractivity contribution in [3.63, 3.8) is 0 Å². The number of benzene rings is 2. The second-order valence-corrected chi connectivity index (χ2v) is 7.42. The fourth-order valence-corrected chi connectivity index (χ4v) is 3.31. The fraction of sp³-hybridized carbons (Fsp3) is 0.250. The molecule has 0 amide bonds. The Kier molecular flexibility index (Phi) is 6.82. The van der Waals surface area contributed by atoms with Gasteiger partial charge in [-0.3, -0.25) is 9.59 Å². The molecular weight excluding hydrogens is 380 g/mol. The molecule has 3 rings (SSSR count). The molecule has 4 atom stereocenters. The third-order valence-electron chi connectivity index (χ3n) is 5.08. The van der Waals surface area contributed by atoms with E-state index in [2.05, 4.69) is 10.6 Å². The Morgan fingerprint density at radius 1 is 0.633 bits per heavy atom. The van der Waals surface area contributed by atoms with Crippen molar-refractivity contribution in [1.82, 2.24) is 10.6 Å². The van der Waals surface area contributed by atoms with Crippen LogP contribution in [0.5, 0.6) is 0 Å². The van der Waals surface area contributed by atoms with E-state index in [-0.39, 0.29) is 23.0 Å². The van der Waals surface area contributed by atoms with E-state index in [1.807, 2.05) is 36.4 Å². The minimum atomic E-state index is -0.834. The van der Waals surface area contributed by atoms with Gasteiger partial charge in [0, 0.05) is 12.2 Å². The van der Waals surface area contributed by atoms with Crippen molar-refractivity contribution >= 4 is 11.6 Å². The smallest absolute Gasteiger partial charge is 0.203 e. The van der Waals surface area contributed by atoms with E-state index < -0.39 is 24.3 Å². The van der Waals surface area contributed by atoms with Gasteiger partial charge < -0.3 is 20.8 Å². The van der Waals surface area contributed by atoms with E-state index in [1.165, 1.54) is 12.2 Å². The first kappa shape index (κ1) is 21.5. The molecule has 2 aromatic carbocycles. The number of nitrogens with one attached hydrogen (secondary N) is 2. The number of ketones is 2. The Morgan fingerprint density at radius 2 is 0.967 bits per heavy atom. The topological polar surface area (TPSA) is 98.7 Å². The molecule has 0 bridgehead atoms. The second kappa shape index (κ2) is 9.52. The van der Waals surface area contributed by atoms with E-state index in [9.17, 15) is 19.8 Å². The SMILES string of the molecule is C[C@H](NC1=CC(=O)C(N[C@H](C)[C@@H](O)c2ccccc2)=CC1=O)[C@H](O)c1ccccc1. The van der Waals surface area contributed by atoms with Crippen LogP contribution in [0.2, 0.25) is 0 Å². The van der Waals surface area contributed by atoms with E-state index in [0.29, 0.717) is 11.1 Å². The van der Waals surface area contributed by atoms with Crippen LogP contribution in [0.4, 0.5) is 0 Å². The van der Waals surface area contributed by atoms with Gasteiger partial charge in [-0.1, -0.05) is 60.7 Å². The lowest BCUT2D eigenvalue weighted by Crippen LogP contribution is -2.39. The zero-order valence-electron chi connectivity index (χ0n) is 16.9.